The zero-order chi connectivity index (χ0) is 13.1. The summed E-state index contributed by atoms with van der Waals surface area (Å²) in [5.74, 6) is 1.14. The van der Waals surface area contributed by atoms with Gasteiger partial charge in [-0.25, -0.2) is 0 Å². The molecule has 0 saturated carbocycles. The van der Waals surface area contributed by atoms with Crippen molar-refractivity contribution in [3.63, 3.8) is 0 Å². The molecule has 3 unspecified atom stereocenters. The molecule has 102 valence electrons. The number of aryl methyl sites for hydroxylation is 1. The van der Waals surface area contributed by atoms with Gasteiger partial charge in [-0.3, -0.25) is 4.68 Å². The molecule has 1 aliphatic rings. The maximum Gasteiger partial charge on any atom is 0.161 e. The van der Waals surface area contributed by atoms with E-state index >= 15 is 0 Å². The van der Waals surface area contributed by atoms with E-state index in [1.807, 2.05) is 4.68 Å². The quantitative estimate of drug-likeness (QED) is 0.868. The van der Waals surface area contributed by atoms with E-state index < -0.39 is 0 Å². The molecule has 1 aromatic heterocycles. The van der Waals surface area contributed by atoms with Gasteiger partial charge in [0, 0.05) is 19.1 Å². The highest BCUT2D eigenvalue weighted by Crippen LogP contribution is 2.36. The molecule has 2 heterocycles. The largest absolute Gasteiger partial charge is 0.493 e. The standard InChI is InChI=1S/C13H23N3O2/c1-4-10-9(6-7-18-10)12(14)13-11(17-3)8-15-16(13)5-2/h8-10,12H,4-7,14H2,1-3H3. The highest BCUT2D eigenvalue weighted by atomic mass is 16.5. The van der Waals surface area contributed by atoms with Gasteiger partial charge in [0.2, 0.25) is 0 Å². The van der Waals surface area contributed by atoms with Crippen molar-refractivity contribution in [1.29, 1.82) is 0 Å². The topological polar surface area (TPSA) is 62.3 Å². The van der Waals surface area contributed by atoms with Gasteiger partial charge in [-0.2, -0.15) is 5.10 Å². The highest BCUT2D eigenvalue weighted by molar-refractivity contribution is 5.29. The molecule has 0 amide bonds. The van der Waals surface area contributed by atoms with Gasteiger partial charge in [0.25, 0.3) is 0 Å². The van der Waals surface area contributed by atoms with Gasteiger partial charge in [-0.05, 0) is 19.8 Å². The molecule has 1 fully saturated rings. The van der Waals surface area contributed by atoms with E-state index in [-0.39, 0.29) is 12.1 Å². The number of nitrogens with two attached hydrogens (primary N) is 1. The van der Waals surface area contributed by atoms with Crippen molar-refractivity contribution in [2.24, 2.45) is 11.7 Å². The van der Waals surface area contributed by atoms with Crippen molar-refractivity contribution in [1.82, 2.24) is 9.78 Å². The summed E-state index contributed by atoms with van der Waals surface area (Å²) in [4.78, 5) is 0. The number of ether oxygens (including phenoxy) is 2. The molecule has 2 N–H and O–H groups in total. The minimum atomic E-state index is -0.0742. The lowest BCUT2D eigenvalue weighted by molar-refractivity contribution is 0.0803. The molecular formula is C13H23N3O2. The van der Waals surface area contributed by atoms with Gasteiger partial charge < -0.3 is 15.2 Å². The molecule has 0 radical (unpaired) electrons. The first kappa shape index (κ1) is 13.4. The third kappa shape index (κ3) is 2.24. The predicted molar refractivity (Wildman–Crippen MR) is 69.5 cm³/mol. The molecule has 0 aromatic carbocycles. The van der Waals surface area contributed by atoms with Crippen molar-refractivity contribution in [3.8, 4) is 5.75 Å². The van der Waals surface area contributed by atoms with E-state index in [0.717, 1.165) is 37.4 Å². The van der Waals surface area contributed by atoms with E-state index in [1.54, 1.807) is 13.3 Å². The van der Waals surface area contributed by atoms with Crippen molar-refractivity contribution >= 4 is 0 Å². The molecule has 2 rings (SSSR count). The zero-order valence-electron chi connectivity index (χ0n) is 11.4. The second-order valence-corrected chi connectivity index (χ2v) is 4.71. The molecule has 1 saturated heterocycles. The smallest absolute Gasteiger partial charge is 0.161 e. The molecule has 0 spiro atoms. The summed E-state index contributed by atoms with van der Waals surface area (Å²) in [6.07, 6.45) is 4.01. The average Bonchev–Trinajstić information content (AvgIpc) is 3.03. The SMILES string of the molecule is CCC1OCCC1C(N)c1c(OC)cnn1CC. The Bertz CT molecular complexity index is 370. The van der Waals surface area contributed by atoms with Crippen LogP contribution in [-0.2, 0) is 11.3 Å². The van der Waals surface area contributed by atoms with Crippen LogP contribution in [0.4, 0.5) is 0 Å². The van der Waals surface area contributed by atoms with E-state index in [4.69, 9.17) is 15.2 Å². The Kier molecular flexibility index (Phi) is 4.24. The van der Waals surface area contributed by atoms with Gasteiger partial charge >= 0.3 is 0 Å². The fourth-order valence-electron chi connectivity index (χ4n) is 2.82. The lowest BCUT2D eigenvalue weighted by Crippen LogP contribution is -2.30. The molecule has 5 heteroatoms. The number of hydrogen-bond acceptors (Lipinski definition) is 4. The molecule has 0 bridgehead atoms. The van der Waals surface area contributed by atoms with Crippen LogP contribution in [0.5, 0.6) is 5.75 Å². The molecular weight excluding hydrogens is 230 g/mol. The Morgan fingerprint density at radius 1 is 1.61 bits per heavy atom. The summed E-state index contributed by atoms with van der Waals surface area (Å²) < 4.78 is 13.0. The highest BCUT2D eigenvalue weighted by Gasteiger charge is 2.35. The Morgan fingerprint density at radius 3 is 3.00 bits per heavy atom. The van der Waals surface area contributed by atoms with Crippen LogP contribution in [0.3, 0.4) is 0 Å². The predicted octanol–water partition coefficient (Wildman–Crippen LogP) is 1.73. The maximum atomic E-state index is 6.44. The number of hydrogen-bond donors (Lipinski definition) is 1. The summed E-state index contributed by atoms with van der Waals surface area (Å²) in [5.41, 5.74) is 7.44. The number of aromatic nitrogens is 2. The van der Waals surface area contributed by atoms with E-state index in [1.165, 1.54) is 0 Å². The summed E-state index contributed by atoms with van der Waals surface area (Å²) in [7, 11) is 1.66. The zero-order valence-corrected chi connectivity index (χ0v) is 11.4. The van der Waals surface area contributed by atoms with Crippen molar-refractivity contribution in [2.75, 3.05) is 13.7 Å². The van der Waals surface area contributed by atoms with Crippen LogP contribution >= 0.6 is 0 Å². The monoisotopic (exact) mass is 253 g/mol. The van der Waals surface area contributed by atoms with Crippen molar-refractivity contribution in [3.05, 3.63) is 11.9 Å². The van der Waals surface area contributed by atoms with Gasteiger partial charge in [-0.1, -0.05) is 6.92 Å². The maximum absolute atomic E-state index is 6.44. The fourth-order valence-corrected chi connectivity index (χ4v) is 2.82. The third-order valence-corrected chi connectivity index (χ3v) is 3.80. The van der Waals surface area contributed by atoms with Gasteiger partial charge in [0.1, 0.15) is 0 Å². The summed E-state index contributed by atoms with van der Waals surface area (Å²) in [5, 5.41) is 4.32. The molecule has 18 heavy (non-hydrogen) atoms. The first-order valence-corrected chi connectivity index (χ1v) is 6.69. The van der Waals surface area contributed by atoms with Crippen LogP contribution in [0, 0.1) is 5.92 Å². The summed E-state index contributed by atoms with van der Waals surface area (Å²) in [6.45, 7) is 5.81. The number of rotatable bonds is 5. The Hall–Kier alpha value is -1.07. The fraction of sp³-hybridized carbons (Fsp3) is 0.769. The Morgan fingerprint density at radius 2 is 2.39 bits per heavy atom. The second-order valence-electron chi connectivity index (χ2n) is 4.71. The summed E-state index contributed by atoms with van der Waals surface area (Å²) >= 11 is 0. The molecule has 5 nitrogen and oxygen atoms in total. The Labute approximate surface area is 108 Å². The Balaban J connectivity index is 2.26. The number of nitrogens with zero attached hydrogens (tertiary/aromatic N) is 2. The lowest BCUT2D eigenvalue weighted by atomic mass is 9.89. The van der Waals surface area contributed by atoms with Crippen LogP contribution in [0.15, 0.2) is 6.20 Å². The lowest BCUT2D eigenvalue weighted by Gasteiger charge is -2.24. The second kappa shape index (κ2) is 5.71. The van der Waals surface area contributed by atoms with Crippen LogP contribution in [0.1, 0.15) is 38.4 Å². The van der Waals surface area contributed by atoms with Gasteiger partial charge in [0.15, 0.2) is 5.75 Å². The van der Waals surface area contributed by atoms with Gasteiger partial charge in [-0.15, -0.1) is 0 Å². The molecule has 1 aromatic rings. The normalized spacial score (nSPS) is 25.3. The van der Waals surface area contributed by atoms with E-state index in [2.05, 4.69) is 18.9 Å². The van der Waals surface area contributed by atoms with Crippen LogP contribution < -0.4 is 10.5 Å². The summed E-state index contributed by atoms with van der Waals surface area (Å²) in [6, 6.07) is -0.0742. The first-order valence-electron chi connectivity index (χ1n) is 6.69. The van der Waals surface area contributed by atoms with Crippen LogP contribution in [0.25, 0.3) is 0 Å². The minimum Gasteiger partial charge on any atom is -0.493 e. The van der Waals surface area contributed by atoms with Gasteiger partial charge in [0.05, 0.1) is 31.1 Å². The molecule has 0 aliphatic carbocycles. The van der Waals surface area contributed by atoms with E-state index in [0.29, 0.717) is 5.92 Å². The van der Waals surface area contributed by atoms with Crippen molar-refractivity contribution in [2.45, 2.75) is 45.4 Å². The van der Waals surface area contributed by atoms with Crippen LogP contribution in [-0.4, -0.2) is 29.6 Å². The van der Waals surface area contributed by atoms with Crippen LogP contribution in [0.2, 0.25) is 0 Å². The average molecular weight is 253 g/mol. The third-order valence-electron chi connectivity index (χ3n) is 3.80. The number of methoxy groups -OCH3 is 1. The minimum absolute atomic E-state index is 0.0742. The molecule has 1 aliphatic heterocycles. The molecule has 3 atom stereocenters. The van der Waals surface area contributed by atoms with E-state index in [9.17, 15) is 0 Å². The first-order chi connectivity index (χ1) is 8.72. The van der Waals surface area contributed by atoms with Crippen molar-refractivity contribution < 1.29 is 9.47 Å².